The van der Waals surface area contributed by atoms with Crippen molar-refractivity contribution < 1.29 is 4.74 Å². The lowest BCUT2D eigenvalue weighted by Crippen LogP contribution is -2.35. The predicted octanol–water partition coefficient (Wildman–Crippen LogP) is 1.42. The molecule has 0 fully saturated rings. The second-order valence-corrected chi connectivity index (χ2v) is 4.67. The minimum absolute atomic E-state index is 0.135. The summed E-state index contributed by atoms with van der Waals surface area (Å²) in [6.07, 6.45) is 3.74. The second kappa shape index (κ2) is 5.28. The molecule has 1 aromatic rings. The molecule has 4 heteroatoms. The minimum Gasteiger partial charge on any atom is -0.383 e. The van der Waals surface area contributed by atoms with E-state index in [4.69, 9.17) is 4.74 Å². The van der Waals surface area contributed by atoms with E-state index in [1.54, 1.807) is 7.11 Å². The van der Waals surface area contributed by atoms with Gasteiger partial charge < -0.3 is 14.6 Å². The summed E-state index contributed by atoms with van der Waals surface area (Å²) in [5.74, 6) is 0. The molecule has 0 saturated heterocycles. The lowest BCUT2D eigenvalue weighted by atomic mass is 10.1. The molecular formula is C11H21N3O. The molecule has 1 N–H and O–H groups in total. The SMILES string of the molecule is COCCn1cncc1CNC(C)(C)C. The van der Waals surface area contributed by atoms with Crippen LogP contribution in [0.5, 0.6) is 0 Å². The van der Waals surface area contributed by atoms with E-state index in [9.17, 15) is 0 Å². The summed E-state index contributed by atoms with van der Waals surface area (Å²) in [5.41, 5.74) is 1.33. The standard InChI is InChI=1S/C11H21N3O/c1-11(2,3)13-8-10-7-12-9-14(10)5-6-15-4/h7,9,13H,5-6,8H2,1-4H3. The van der Waals surface area contributed by atoms with Crippen molar-refractivity contribution in [2.75, 3.05) is 13.7 Å². The van der Waals surface area contributed by atoms with E-state index in [1.165, 1.54) is 5.69 Å². The molecule has 0 aliphatic carbocycles. The summed E-state index contributed by atoms with van der Waals surface area (Å²) in [6, 6.07) is 0. The number of rotatable bonds is 5. The van der Waals surface area contributed by atoms with E-state index in [-0.39, 0.29) is 5.54 Å². The average molecular weight is 211 g/mol. The summed E-state index contributed by atoms with van der Waals surface area (Å²) in [7, 11) is 1.71. The maximum atomic E-state index is 5.05. The van der Waals surface area contributed by atoms with Crippen LogP contribution >= 0.6 is 0 Å². The molecule has 0 spiro atoms. The van der Waals surface area contributed by atoms with Gasteiger partial charge in [-0.15, -0.1) is 0 Å². The van der Waals surface area contributed by atoms with Crippen LogP contribution in [0, 0.1) is 0 Å². The van der Waals surface area contributed by atoms with Gasteiger partial charge in [-0.1, -0.05) is 0 Å². The van der Waals surface area contributed by atoms with Gasteiger partial charge in [0.1, 0.15) is 0 Å². The van der Waals surface area contributed by atoms with E-state index in [1.807, 2.05) is 12.5 Å². The zero-order valence-electron chi connectivity index (χ0n) is 10.1. The van der Waals surface area contributed by atoms with Crippen molar-refractivity contribution in [1.29, 1.82) is 0 Å². The van der Waals surface area contributed by atoms with Gasteiger partial charge in [0.05, 0.1) is 18.6 Å². The number of nitrogens with one attached hydrogen (secondary N) is 1. The molecule has 0 radical (unpaired) electrons. The first kappa shape index (κ1) is 12.2. The van der Waals surface area contributed by atoms with Crippen molar-refractivity contribution in [2.45, 2.75) is 39.4 Å². The third kappa shape index (κ3) is 4.44. The van der Waals surface area contributed by atoms with E-state index in [0.29, 0.717) is 0 Å². The van der Waals surface area contributed by atoms with Crippen molar-refractivity contribution in [3.8, 4) is 0 Å². The molecule has 0 amide bonds. The number of hydrogen-bond donors (Lipinski definition) is 1. The molecule has 0 aliphatic heterocycles. The molecule has 1 heterocycles. The molecule has 0 aliphatic rings. The maximum absolute atomic E-state index is 5.05. The molecular weight excluding hydrogens is 190 g/mol. The highest BCUT2D eigenvalue weighted by Crippen LogP contribution is 2.04. The van der Waals surface area contributed by atoms with Gasteiger partial charge in [-0.3, -0.25) is 0 Å². The molecule has 0 aromatic carbocycles. The van der Waals surface area contributed by atoms with Crippen LogP contribution in [-0.4, -0.2) is 28.8 Å². The van der Waals surface area contributed by atoms with E-state index in [2.05, 4.69) is 35.6 Å². The Morgan fingerprint density at radius 3 is 2.80 bits per heavy atom. The molecule has 15 heavy (non-hydrogen) atoms. The number of ether oxygens (including phenoxy) is 1. The highest BCUT2D eigenvalue weighted by Gasteiger charge is 2.10. The molecule has 1 aromatic heterocycles. The van der Waals surface area contributed by atoms with Gasteiger partial charge in [-0.2, -0.15) is 0 Å². The van der Waals surface area contributed by atoms with Gasteiger partial charge in [0, 0.05) is 31.9 Å². The van der Waals surface area contributed by atoms with Gasteiger partial charge in [0.25, 0.3) is 0 Å². The van der Waals surface area contributed by atoms with Crippen LogP contribution in [0.3, 0.4) is 0 Å². The van der Waals surface area contributed by atoms with Gasteiger partial charge >= 0.3 is 0 Å². The Balaban J connectivity index is 2.50. The van der Waals surface area contributed by atoms with Crippen LogP contribution in [0.15, 0.2) is 12.5 Å². The third-order valence-electron chi connectivity index (χ3n) is 2.13. The topological polar surface area (TPSA) is 39.1 Å². The zero-order valence-corrected chi connectivity index (χ0v) is 10.1. The van der Waals surface area contributed by atoms with Crippen LogP contribution in [0.4, 0.5) is 0 Å². The van der Waals surface area contributed by atoms with E-state index >= 15 is 0 Å². The van der Waals surface area contributed by atoms with Crippen LogP contribution in [0.25, 0.3) is 0 Å². The lowest BCUT2D eigenvalue weighted by Gasteiger charge is -2.20. The molecule has 0 bridgehead atoms. The van der Waals surface area contributed by atoms with E-state index < -0.39 is 0 Å². The van der Waals surface area contributed by atoms with Crippen LogP contribution < -0.4 is 5.32 Å². The molecule has 86 valence electrons. The molecule has 1 rings (SSSR count). The number of methoxy groups -OCH3 is 1. The minimum atomic E-state index is 0.135. The second-order valence-electron chi connectivity index (χ2n) is 4.67. The smallest absolute Gasteiger partial charge is 0.0949 e. The first-order valence-electron chi connectivity index (χ1n) is 5.26. The first-order valence-corrected chi connectivity index (χ1v) is 5.26. The molecule has 0 unspecified atom stereocenters. The van der Waals surface area contributed by atoms with Crippen molar-refractivity contribution in [2.24, 2.45) is 0 Å². The molecule has 0 saturated carbocycles. The predicted molar refractivity (Wildman–Crippen MR) is 60.7 cm³/mol. The van der Waals surface area contributed by atoms with Crippen molar-refractivity contribution in [3.63, 3.8) is 0 Å². The number of aromatic nitrogens is 2. The van der Waals surface area contributed by atoms with Crippen LogP contribution in [0.1, 0.15) is 26.5 Å². The normalized spacial score (nSPS) is 12.0. The highest BCUT2D eigenvalue weighted by atomic mass is 16.5. The Labute approximate surface area is 91.7 Å². The first-order chi connectivity index (χ1) is 7.03. The summed E-state index contributed by atoms with van der Waals surface area (Å²) in [5, 5.41) is 3.44. The number of nitrogens with zero attached hydrogens (tertiary/aromatic N) is 2. The number of imidazole rings is 1. The zero-order chi connectivity index (χ0) is 11.3. The quantitative estimate of drug-likeness (QED) is 0.800. The highest BCUT2D eigenvalue weighted by molar-refractivity contribution is 4.98. The van der Waals surface area contributed by atoms with Crippen molar-refractivity contribution >= 4 is 0 Å². The maximum Gasteiger partial charge on any atom is 0.0949 e. The number of hydrogen-bond acceptors (Lipinski definition) is 3. The largest absolute Gasteiger partial charge is 0.383 e. The molecule has 0 atom stereocenters. The van der Waals surface area contributed by atoms with Crippen LogP contribution in [-0.2, 0) is 17.8 Å². The Bertz CT molecular complexity index is 288. The van der Waals surface area contributed by atoms with Crippen LogP contribution in [0.2, 0.25) is 0 Å². The van der Waals surface area contributed by atoms with Crippen molar-refractivity contribution in [1.82, 2.24) is 14.9 Å². The Kier molecular flexibility index (Phi) is 4.29. The van der Waals surface area contributed by atoms with Crippen molar-refractivity contribution in [3.05, 3.63) is 18.2 Å². The Morgan fingerprint density at radius 2 is 2.20 bits per heavy atom. The molecule has 4 nitrogen and oxygen atoms in total. The van der Waals surface area contributed by atoms with Gasteiger partial charge in [0.15, 0.2) is 0 Å². The fourth-order valence-corrected chi connectivity index (χ4v) is 1.24. The van der Waals surface area contributed by atoms with Gasteiger partial charge in [0.2, 0.25) is 0 Å². The summed E-state index contributed by atoms with van der Waals surface area (Å²) in [4.78, 5) is 4.14. The lowest BCUT2D eigenvalue weighted by molar-refractivity contribution is 0.186. The fourth-order valence-electron chi connectivity index (χ4n) is 1.24. The summed E-state index contributed by atoms with van der Waals surface area (Å²) < 4.78 is 7.16. The van der Waals surface area contributed by atoms with Gasteiger partial charge in [-0.05, 0) is 20.8 Å². The summed E-state index contributed by atoms with van der Waals surface area (Å²) >= 11 is 0. The van der Waals surface area contributed by atoms with Gasteiger partial charge in [-0.25, -0.2) is 4.98 Å². The average Bonchev–Trinajstić information content (AvgIpc) is 2.57. The Morgan fingerprint density at radius 1 is 1.47 bits per heavy atom. The van der Waals surface area contributed by atoms with E-state index in [0.717, 1.165) is 19.7 Å². The Hall–Kier alpha value is -0.870. The monoisotopic (exact) mass is 211 g/mol. The summed E-state index contributed by atoms with van der Waals surface area (Å²) in [6.45, 7) is 8.89. The third-order valence-corrected chi connectivity index (χ3v) is 2.13. The fraction of sp³-hybridized carbons (Fsp3) is 0.727.